The van der Waals surface area contributed by atoms with Crippen LogP contribution < -0.4 is 15.4 Å². The zero-order valence-electron chi connectivity index (χ0n) is 20.6. The summed E-state index contributed by atoms with van der Waals surface area (Å²) in [4.78, 5) is 37.3. The fraction of sp³-hybridized carbons (Fsp3) is 0.250. The molecule has 8 nitrogen and oxygen atoms in total. The minimum absolute atomic E-state index is 0.100. The van der Waals surface area contributed by atoms with Crippen molar-refractivity contribution in [2.45, 2.75) is 30.0 Å². The third-order valence-electron chi connectivity index (χ3n) is 5.38. The molecule has 0 heterocycles. The number of aryl methyl sites for hydroxylation is 1. The molecule has 3 aromatic carbocycles. The summed E-state index contributed by atoms with van der Waals surface area (Å²) in [7, 11) is 1.33. The molecular formula is C28H29IN2O6. The molecule has 3 rings (SSSR count). The summed E-state index contributed by atoms with van der Waals surface area (Å²) in [5.74, 6) is -0.193. The standard InChI is InChI=1S/C28H29IN2O6/c1-19-15-22(27(33)35-2)13-14-24(19)36-18-25(29)31-26(32)23(16-20-9-5-3-6-10-20)30-28(34)37-17-21-11-7-4-8-12-21/h3-15,23,25H,16-18H2,1-2H3,(H,30,34)(H,31,32). The lowest BCUT2D eigenvalue weighted by Gasteiger charge is -2.21. The first kappa shape index (κ1) is 28.0. The summed E-state index contributed by atoms with van der Waals surface area (Å²) in [5, 5.41) is 5.57. The van der Waals surface area contributed by atoms with Crippen LogP contribution in [-0.2, 0) is 27.3 Å². The number of carbonyl (C=O) groups excluding carboxylic acids is 3. The lowest BCUT2D eigenvalue weighted by Crippen LogP contribution is -2.50. The topological polar surface area (TPSA) is 103 Å². The summed E-state index contributed by atoms with van der Waals surface area (Å²) in [6, 6.07) is 22.9. The van der Waals surface area contributed by atoms with E-state index in [-0.39, 0.29) is 23.2 Å². The number of nitrogens with one attached hydrogen (secondary N) is 2. The zero-order chi connectivity index (χ0) is 26.6. The van der Waals surface area contributed by atoms with Crippen molar-refractivity contribution in [3.05, 3.63) is 101 Å². The number of alkyl halides is 1. The highest BCUT2D eigenvalue weighted by molar-refractivity contribution is 14.1. The molecule has 0 saturated carbocycles. The van der Waals surface area contributed by atoms with Gasteiger partial charge in [-0.05, 0) is 41.8 Å². The number of esters is 1. The first-order chi connectivity index (χ1) is 17.9. The second kappa shape index (κ2) is 14.2. The molecule has 2 N–H and O–H groups in total. The quantitative estimate of drug-likeness (QED) is 0.142. The van der Waals surface area contributed by atoms with Crippen LogP contribution in [0.1, 0.15) is 27.0 Å². The van der Waals surface area contributed by atoms with Gasteiger partial charge in [0.2, 0.25) is 5.91 Å². The second-order valence-corrected chi connectivity index (χ2v) is 9.71. The number of ether oxygens (including phenoxy) is 3. The van der Waals surface area contributed by atoms with Gasteiger partial charge in [0.05, 0.1) is 12.7 Å². The number of methoxy groups -OCH3 is 1. The van der Waals surface area contributed by atoms with Crippen LogP contribution in [0.25, 0.3) is 0 Å². The van der Waals surface area contributed by atoms with Gasteiger partial charge in [-0.1, -0.05) is 83.3 Å². The van der Waals surface area contributed by atoms with Crippen LogP contribution in [0.4, 0.5) is 4.79 Å². The fourth-order valence-electron chi connectivity index (χ4n) is 3.48. The maximum Gasteiger partial charge on any atom is 0.408 e. The molecule has 0 aromatic heterocycles. The normalized spacial score (nSPS) is 12.1. The highest BCUT2D eigenvalue weighted by Gasteiger charge is 2.24. The van der Waals surface area contributed by atoms with Crippen LogP contribution >= 0.6 is 22.6 Å². The van der Waals surface area contributed by atoms with Crippen molar-refractivity contribution in [2.75, 3.05) is 13.7 Å². The molecule has 0 spiro atoms. The number of alkyl carbamates (subject to hydrolysis) is 1. The Bertz CT molecular complexity index is 1190. The molecule has 0 saturated heterocycles. The smallest absolute Gasteiger partial charge is 0.408 e. The number of amides is 2. The molecule has 0 aliphatic rings. The Kier molecular flexibility index (Phi) is 10.8. The van der Waals surface area contributed by atoms with E-state index in [9.17, 15) is 14.4 Å². The first-order valence-corrected chi connectivity index (χ1v) is 12.9. The van der Waals surface area contributed by atoms with E-state index in [0.29, 0.717) is 17.7 Å². The summed E-state index contributed by atoms with van der Waals surface area (Å²) in [6.07, 6.45) is -0.381. The molecule has 2 amide bonds. The molecule has 0 bridgehead atoms. The number of halogens is 1. The third kappa shape index (κ3) is 9.09. The molecule has 37 heavy (non-hydrogen) atoms. The van der Waals surface area contributed by atoms with Crippen LogP contribution in [0.5, 0.6) is 5.75 Å². The van der Waals surface area contributed by atoms with Crippen LogP contribution in [0.3, 0.4) is 0 Å². The van der Waals surface area contributed by atoms with Gasteiger partial charge in [0, 0.05) is 6.42 Å². The number of hydrogen-bond donors (Lipinski definition) is 2. The minimum atomic E-state index is -0.844. The van der Waals surface area contributed by atoms with Gasteiger partial charge < -0.3 is 24.8 Å². The lowest BCUT2D eigenvalue weighted by molar-refractivity contribution is -0.123. The molecule has 3 aromatic rings. The maximum absolute atomic E-state index is 13.1. The molecule has 0 aliphatic carbocycles. The number of benzene rings is 3. The highest BCUT2D eigenvalue weighted by atomic mass is 127. The second-order valence-electron chi connectivity index (χ2n) is 8.21. The van der Waals surface area contributed by atoms with Crippen LogP contribution in [-0.4, -0.2) is 41.8 Å². The molecular weight excluding hydrogens is 587 g/mol. The van der Waals surface area contributed by atoms with Crippen molar-refractivity contribution in [3.8, 4) is 5.75 Å². The molecule has 9 heteroatoms. The van der Waals surface area contributed by atoms with Gasteiger partial charge in [0.1, 0.15) is 29.1 Å². The van der Waals surface area contributed by atoms with Crippen LogP contribution in [0.2, 0.25) is 0 Å². The Morgan fingerprint density at radius 3 is 2.16 bits per heavy atom. The largest absolute Gasteiger partial charge is 0.490 e. The van der Waals surface area contributed by atoms with Crippen molar-refractivity contribution < 1.29 is 28.6 Å². The van der Waals surface area contributed by atoms with Gasteiger partial charge in [-0.25, -0.2) is 9.59 Å². The van der Waals surface area contributed by atoms with E-state index in [2.05, 4.69) is 33.2 Å². The fourth-order valence-corrected chi connectivity index (χ4v) is 3.97. The van der Waals surface area contributed by atoms with E-state index in [4.69, 9.17) is 14.2 Å². The maximum atomic E-state index is 13.1. The van der Waals surface area contributed by atoms with Gasteiger partial charge in [0.15, 0.2) is 0 Å². The third-order valence-corrected chi connectivity index (χ3v) is 6.06. The predicted molar refractivity (Wildman–Crippen MR) is 148 cm³/mol. The van der Waals surface area contributed by atoms with Crippen molar-refractivity contribution in [1.82, 2.24) is 10.6 Å². The van der Waals surface area contributed by atoms with E-state index in [1.807, 2.05) is 67.6 Å². The summed E-state index contributed by atoms with van der Waals surface area (Å²) >= 11 is 2.07. The Labute approximate surface area is 229 Å². The van der Waals surface area contributed by atoms with E-state index in [0.717, 1.165) is 16.7 Å². The molecule has 0 fully saturated rings. The van der Waals surface area contributed by atoms with E-state index in [1.165, 1.54) is 7.11 Å². The molecule has 2 unspecified atom stereocenters. The predicted octanol–water partition coefficient (Wildman–Crippen LogP) is 4.58. The summed E-state index contributed by atoms with van der Waals surface area (Å²) < 4.78 is 15.5. The Balaban J connectivity index is 1.58. The van der Waals surface area contributed by atoms with E-state index in [1.54, 1.807) is 18.2 Å². The van der Waals surface area contributed by atoms with Crippen LogP contribution in [0, 0.1) is 6.92 Å². The Morgan fingerprint density at radius 1 is 0.892 bits per heavy atom. The summed E-state index contributed by atoms with van der Waals surface area (Å²) in [6.45, 7) is 2.11. The van der Waals surface area contributed by atoms with E-state index >= 15 is 0 Å². The molecule has 2 atom stereocenters. The average molecular weight is 616 g/mol. The van der Waals surface area contributed by atoms with Crippen molar-refractivity contribution in [3.63, 3.8) is 0 Å². The van der Waals surface area contributed by atoms with Gasteiger partial charge >= 0.3 is 12.1 Å². The monoisotopic (exact) mass is 616 g/mol. The number of hydrogen-bond acceptors (Lipinski definition) is 6. The van der Waals surface area contributed by atoms with Crippen molar-refractivity contribution >= 4 is 40.6 Å². The Hall–Kier alpha value is -3.60. The van der Waals surface area contributed by atoms with Crippen molar-refractivity contribution in [2.24, 2.45) is 0 Å². The summed E-state index contributed by atoms with van der Waals surface area (Å²) in [5.41, 5.74) is 2.94. The molecule has 0 aliphatic heterocycles. The average Bonchev–Trinajstić information content (AvgIpc) is 2.91. The lowest BCUT2D eigenvalue weighted by atomic mass is 10.1. The number of rotatable bonds is 11. The molecule has 194 valence electrons. The van der Waals surface area contributed by atoms with Crippen LogP contribution in [0.15, 0.2) is 78.9 Å². The van der Waals surface area contributed by atoms with Gasteiger partial charge in [0.25, 0.3) is 0 Å². The minimum Gasteiger partial charge on any atom is -0.490 e. The zero-order valence-corrected chi connectivity index (χ0v) is 22.8. The number of carbonyl (C=O) groups is 3. The Morgan fingerprint density at radius 2 is 1.54 bits per heavy atom. The highest BCUT2D eigenvalue weighted by Crippen LogP contribution is 2.20. The van der Waals surface area contributed by atoms with Gasteiger partial charge in [-0.2, -0.15) is 0 Å². The van der Waals surface area contributed by atoms with Crippen molar-refractivity contribution in [1.29, 1.82) is 0 Å². The van der Waals surface area contributed by atoms with E-state index < -0.39 is 18.1 Å². The van der Waals surface area contributed by atoms with Gasteiger partial charge in [-0.15, -0.1) is 0 Å². The van der Waals surface area contributed by atoms with Gasteiger partial charge in [-0.3, -0.25) is 4.79 Å². The SMILES string of the molecule is COC(=O)c1ccc(OCC(I)NC(=O)C(Cc2ccccc2)NC(=O)OCc2ccccc2)c(C)c1. The molecule has 0 radical (unpaired) electrons. The first-order valence-electron chi connectivity index (χ1n) is 11.6.